The Morgan fingerprint density at radius 3 is 2.42 bits per heavy atom. The fraction of sp³-hybridized carbons (Fsp3) is 0.538. The number of nitrogens with two attached hydrogens (primary N) is 1. The first-order chi connectivity index (χ1) is 8.84. The van der Waals surface area contributed by atoms with Crippen molar-refractivity contribution in [2.45, 2.75) is 25.8 Å². The summed E-state index contributed by atoms with van der Waals surface area (Å²) in [6, 6.07) is 6.20. The maximum absolute atomic E-state index is 11.4. The normalized spacial score (nSPS) is 18.4. The number of piperidine rings is 1. The maximum Gasteiger partial charge on any atom is 0.211 e. The van der Waals surface area contributed by atoms with Crippen molar-refractivity contribution >= 4 is 21.4 Å². The lowest BCUT2D eigenvalue weighted by atomic mass is 10.1. The van der Waals surface area contributed by atoms with Crippen LogP contribution in [0.25, 0.3) is 0 Å². The summed E-state index contributed by atoms with van der Waals surface area (Å²) < 4.78 is 24.4. The van der Waals surface area contributed by atoms with Crippen molar-refractivity contribution in [2.75, 3.05) is 30.4 Å². The standard InChI is InChI=1S/C13H21N3O2S/c1-10-7-11(14)9-13(8-10)15-12-3-5-16(6-4-12)19(2,17)18/h7-9,12,15H,3-6,14H2,1-2H3. The first-order valence-corrected chi connectivity index (χ1v) is 8.28. The van der Waals surface area contributed by atoms with Crippen molar-refractivity contribution < 1.29 is 8.42 Å². The highest BCUT2D eigenvalue weighted by molar-refractivity contribution is 7.88. The number of nitrogen functional groups attached to an aromatic ring is 1. The number of sulfonamides is 1. The monoisotopic (exact) mass is 283 g/mol. The Kier molecular flexibility index (Phi) is 4.01. The molecule has 0 bridgehead atoms. The minimum Gasteiger partial charge on any atom is -0.399 e. The molecule has 1 aromatic carbocycles. The minimum atomic E-state index is -3.05. The van der Waals surface area contributed by atoms with Gasteiger partial charge in [0.15, 0.2) is 0 Å². The number of benzene rings is 1. The molecule has 0 atom stereocenters. The van der Waals surface area contributed by atoms with Crippen molar-refractivity contribution in [1.29, 1.82) is 0 Å². The molecule has 3 N–H and O–H groups in total. The van der Waals surface area contributed by atoms with Crippen LogP contribution in [-0.2, 0) is 10.0 Å². The molecule has 1 aliphatic heterocycles. The van der Waals surface area contributed by atoms with Gasteiger partial charge in [-0.3, -0.25) is 0 Å². The number of nitrogens with zero attached hydrogens (tertiary/aromatic N) is 1. The van der Waals surface area contributed by atoms with E-state index in [0.717, 1.165) is 29.8 Å². The number of aryl methyl sites for hydroxylation is 1. The number of nitrogens with one attached hydrogen (secondary N) is 1. The quantitative estimate of drug-likeness (QED) is 0.823. The van der Waals surface area contributed by atoms with Crippen LogP contribution in [0, 0.1) is 6.92 Å². The summed E-state index contributed by atoms with van der Waals surface area (Å²) >= 11 is 0. The van der Waals surface area contributed by atoms with Gasteiger partial charge in [0.2, 0.25) is 10.0 Å². The second-order valence-electron chi connectivity index (χ2n) is 5.21. The first kappa shape index (κ1) is 14.1. The molecule has 1 aromatic rings. The van der Waals surface area contributed by atoms with Crippen LogP contribution in [0.3, 0.4) is 0 Å². The van der Waals surface area contributed by atoms with E-state index < -0.39 is 10.0 Å². The summed E-state index contributed by atoms with van der Waals surface area (Å²) in [6.45, 7) is 3.17. The van der Waals surface area contributed by atoms with Gasteiger partial charge in [-0.15, -0.1) is 0 Å². The maximum atomic E-state index is 11.4. The highest BCUT2D eigenvalue weighted by Gasteiger charge is 2.24. The molecular weight excluding hydrogens is 262 g/mol. The zero-order valence-corrected chi connectivity index (χ0v) is 12.2. The van der Waals surface area contributed by atoms with Gasteiger partial charge in [0.05, 0.1) is 6.26 Å². The van der Waals surface area contributed by atoms with Crippen molar-refractivity contribution in [3.8, 4) is 0 Å². The van der Waals surface area contributed by atoms with Gasteiger partial charge in [-0.25, -0.2) is 12.7 Å². The predicted molar refractivity (Wildman–Crippen MR) is 78.7 cm³/mol. The van der Waals surface area contributed by atoms with Crippen LogP contribution in [0.4, 0.5) is 11.4 Å². The molecule has 0 aliphatic carbocycles. The SMILES string of the molecule is Cc1cc(N)cc(NC2CCN(S(C)(=O)=O)CC2)c1. The molecule has 1 heterocycles. The second-order valence-corrected chi connectivity index (χ2v) is 7.20. The van der Waals surface area contributed by atoms with Crippen LogP contribution >= 0.6 is 0 Å². The highest BCUT2D eigenvalue weighted by Crippen LogP contribution is 2.21. The lowest BCUT2D eigenvalue weighted by molar-refractivity contribution is 0.332. The third-order valence-electron chi connectivity index (χ3n) is 3.39. The molecular formula is C13H21N3O2S. The van der Waals surface area contributed by atoms with Crippen LogP contribution in [0.15, 0.2) is 18.2 Å². The number of rotatable bonds is 3. The van der Waals surface area contributed by atoms with Gasteiger partial charge >= 0.3 is 0 Å². The first-order valence-electron chi connectivity index (χ1n) is 6.43. The van der Waals surface area contributed by atoms with Crippen LogP contribution in [-0.4, -0.2) is 38.1 Å². The Balaban J connectivity index is 1.96. The molecule has 5 nitrogen and oxygen atoms in total. The van der Waals surface area contributed by atoms with Gasteiger partial charge in [0.1, 0.15) is 0 Å². The summed E-state index contributed by atoms with van der Waals surface area (Å²) in [6.07, 6.45) is 2.91. The van der Waals surface area contributed by atoms with E-state index in [2.05, 4.69) is 11.4 Å². The summed E-state index contributed by atoms with van der Waals surface area (Å²) in [4.78, 5) is 0. The van der Waals surface area contributed by atoms with E-state index in [9.17, 15) is 8.42 Å². The van der Waals surface area contributed by atoms with Crippen molar-refractivity contribution in [1.82, 2.24) is 4.31 Å². The molecule has 106 valence electrons. The largest absolute Gasteiger partial charge is 0.399 e. The highest BCUT2D eigenvalue weighted by atomic mass is 32.2. The summed E-state index contributed by atoms with van der Waals surface area (Å²) in [5.41, 5.74) is 8.69. The molecule has 0 amide bonds. The van der Waals surface area contributed by atoms with Gasteiger partial charge in [-0.05, 0) is 43.5 Å². The Morgan fingerprint density at radius 1 is 1.26 bits per heavy atom. The number of hydrogen-bond donors (Lipinski definition) is 2. The van der Waals surface area contributed by atoms with Gasteiger partial charge in [0.25, 0.3) is 0 Å². The van der Waals surface area contributed by atoms with Crippen molar-refractivity contribution in [2.24, 2.45) is 0 Å². The Labute approximate surface area is 114 Å². The molecule has 0 radical (unpaired) electrons. The van der Waals surface area contributed by atoms with Gasteiger partial charge in [-0.2, -0.15) is 0 Å². The smallest absolute Gasteiger partial charge is 0.211 e. The lowest BCUT2D eigenvalue weighted by Crippen LogP contribution is -2.41. The topological polar surface area (TPSA) is 75.4 Å². The average Bonchev–Trinajstić information content (AvgIpc) is 2.26. The molecule has 1 saturated heterocycles. The Bertz CT molecular complexity index is 529. The molecule has 0 saturated carbocycles. The van der Waals surface area contributed by atoms with Crippen LogP contribution in [0.1, 0.15) is 18.4 Å². The van der Waals surface area contributed by atoms with Crippen molar-refractivity contribution in [3.05, 3.63) is 23.8 Å². The van der Waals surface area contributed by atoms with E-state index in [4.69, 9.17) is 5.73 Å². The van der Waals surface area contributed by atoms with Crippen LogP contribution in [0.5, 0.6) is 0 Å². The van der Waals surface area contributed by atoms with Gasteiger partial charge < -0.3 is 11.1 Å². The predicted octanol–water partition coefficient (Wildman–Crippen LogP) is 1.41. The minimum absolute atomic E-state index is 0.305. The third kappa shape index (κ3) is 3.84. The molecule has 6 heteroatoms. The lowest BCUT2D eigenvalue weighted by Gasteiger charge is -2.31. The third-order valence-corrected chi connectivity index (χ3v) is 4.70. The molecule has 1 fully saturated rings. The van der Waals surface area contributed by atoms with Crippen LogP contribution in [0.2, 0.25) is 0 Å². The van der Waals surface area contributed by atoms with E-state index in [-0.39, 0.29) is 0 Å². The van der Waals surface area contributed by atoms with E-state index in [1.165, 1.54) is 10.6 Å². The second kappa shape index (κ2) is 5.38. The number of anilines is 2. The van der Waals surface area contributed by atoms with Gasteiger partial charge in [0, 0.05) is 30.5 Å². The molecule has 0 aromatic heterocycles. The number of hydrogen-bond acceptors (Lipinski definition) is 4. The van der Waals surface area contributed by atoms with E-state index in [0.29, 0.717) is 19.1 Å². The van der Waals surface area contributed by atoms with E-state index >= 15 is 0 Å². The van der Waals surface area contributed by atoms with Crippen LogP contribution < -0.4 is 11.1 Å². The van der Waals surface area contributed by atoms with E-state index in [1.54, 1.807) is 0 Å². The molecule has 2 rings (SSSR count). The molecule has 0 spiro atoms. The zero-order chi connectivity index (χ0) is 14.0. The summed E-state index contributed by atoms with van der Waals surface area (Å²) in [5, 5.41) is 3.43. The fourth-order valence-electron chi connectivity index (χ4n) is 2.46. The zero-order valence-electron chi connectivity index (χ0n) is 11.4. The fourth-order valence-corrected chi connectivity index (χ4v) is 3.34. The summed E-state index contributed by atoms with van der Waals surface area (Å²) in [5.74, 6) is 0. The molecule has 1 aliphatic rings. The van der Waals surface area contributed by atoms with Crippen molar-refractivity contribution in [3.63, 3.8) is 0 Å². The summed E-state index contributed by atoms with van der Waals surface area (Å²) in [7, 11) is -3.05. The van der Waals surface area contributed by atoms with E-state index in [1.807, 2.05) is 19.1 Å². The molecule has 0 unspecified atom stereocenters. The Hall–Kier alpha value is -1.27. The van der Waals surface area contributed by atoms with Gasteiger partial charge in [-0.1, -0.05) is 0 Å². The molecule has 19 heavy (non-hydrogen) atoms. The average molecular weight is 283 g/mol. The Morgan fingerprint density at radius 2 is 1.89 bits per heavy atom.